The molecule has 1 N–H and O–H groups in total. The molecule has 0 aliphatic carbocycles. The van der Waals surface area contributed by atoms with E-state index in [9.17, 15) is 0 Å². The molecule has 74 valence electrons. The van der Waals surface area contributed by atoms with E-state index in [1.54, 1.807) is 6.08 Å². The van der Waals surface area contributed by atoms with E-state index in [0.29, 0.717) is 5.16 Å². The molecular formula is C10H17ClN2. The summed E-state index contributed by atoms with van der Waals surface area (Å²) >= 11 is 5.81. The number of rotatable bonds is 6. The molecule has 0 atom stereocenters. The molecule has 0 spiro atoms. The molecule has 0 bridgehead atoms. The van der Waals surface area contributed by atoms with Crippen LogP contribution in [0.5, 0.6) is 0 Å². The Morgan fingerprint density at radius 2 is 2.23 bits per heavy atom. The zero-order valence-corrected chi connectivity index (χ0v) is 9.06. The van der Waals surface area contributed by atoms with E-state index < -0.39 is 0 Å². The van der Waals surface area contributed by atoms with Gasteiger partial charge in [0.05, 0.1) is 0 Å². The summed E-state index contributed by atoms with van der Waals surface area (Å²) in [4.78, 5) is 2.05. The molecule has 0 aliphatic rings. The quantitative estimate of drug-likeness (QED) is 0.524. The van der Waals surface area contributed by atoms with Gasteiger partial charge >= 0.3 is 0 Å². The number of hydrogen-bond donors (Lipinski definition) is 1. The van der Waals surface area contributed by atoms with E-state index in [2.05, 4.69) is 25.4 Å². The third kappa shape index (κ3) is 5.36. The Morgan fingerprint density at radius 3 is 2.69 bits per heavy atom. The van der Waals surface area contributed by atoms with Crippen molar-refractivity contribution < 1.29 is 0 Å². The number of nitrogens with one attached hydrogen (secondary N) is 1. The Labute approximate surface area is 85.6 Å². The maximum atomic E-state index is 5.81. The van der Waals surface area contributed by atoms with Crippen molar-refractivity contribution in [1.29, 1.82) is 0 Å². The van der Waals surface area contributed by atoms with Gasteiger partial charge in [-0.25, -0.2) is 0 Å². The molecule has 0 aromatic carbocycles. The molecule has 0 saturated carbocycles. The van der Waals surface area contributed by atoms with E-state index in [0.717, 1.165) is 18.7 Å². The van der Waals surface area contributed by atoms with Gasteiger partial charge in [-0.3, -0.25) is 0 Å². The lowest BCUT2D eigenvalue weighted by Crippen LogP contribution is -2.17. The number of hydrogen-bond acceptors (Lipinski definition) is 2. The molecule has 0 unspecified atom stereocenters. The van der Waals surface area contributed by atoms with E-state index in [1.807, 2.05) is 11.9 Å². The molecule has 0 rings (SSSR count). The Hall–Kier alpha value is -0.890. The molecule has 0 heterocycles. The number of allylic oxidation sites excluding steroid dienone is 1. The molecule has 0 fully saturated rings. The molecule has 0 amide bonds. The van der Waals surface area contributed by atoms with Crippen LogP contribution in [0.1, 0.15) is 13.3 Å². The smallest absolute Gasteiger partial charge is 0.108 e. The molecule has 0 aromatic rings. The zero-order valence-electron chi connectivity index (χ0n) is 8.31. The largest absolute Gasteiger partial charge is 0.375 e. The predicted octanol–water partition coefficient (Wildman–Crippen LogP) is 2.66. The highest BCUT2D eigenvalue weighted by Gasteiger charge is 1.97. The van der Waals surface area contributed by atoms with Crippen LogP contribution in [0.3, 0.4) is 0 Å². The van der Waals surface area contributed by atoms with Crippen molar-refractivity contribution >= 4 is 11.6 Å². The van der Waals surface area contributed by atoms with Crippen LogP contribution in [0.2, 0.25) is 0 Å². The average molecular weight is 201 g/mol. The highest BCUT2D eigenvalue weighted by Crippen LogP contribution is 2.06. The Bertz CT molecular complexity index is 209. The predicted molar refractivity (Wildman–Crippen MR) is 59.3 cm³/mol. The summed E-state index contributed by atoms with van der Waals surface area (Å²) in [7, 11) is 1.99. The average Bonchev–Trinajstić information content (AvgIpc) is 2.05. The summed E-state index contributed by atoms with van der Waals surface area (Å²) in [6, 6.07) is 0. The fourth-order valence-electron chi connectivity index (χ4n) is 0.875. The fourth-order valence-corrected chi connectivity index (χ4v) is 1.08. The summed E-state index contributed by atoms with van der Waals surface area (Å²) in [5.74, 6) is 0. The fraction of sp³-hybridized carbons (Fsp3) is 0.400. The van der Waals surface area contributed by atoms with Crippen LogP contribution in [-0.2, 0) is 0 Å². The van der Waals surface area contributed by atoms with Crippen LogP contribution in [0.4, 0.5) is 0 Å². The Kier molecular flexibility index (Phi) is 6.15. The normalized spacial score (nSPS) is 10.8. The summed E-state index contributed by atoms with van der Waals surface area (Å²) in [6.45, 7) is 10.5. The topological polar surface area (TPSA) is 15.3 Å². The third-order valence-corrected chi connectivity index (χ3v) is 1.80. The van der Waals surface area contributed by atoms with Crippen LogP contribution >= 0.6 is 11.6 Å². The first kappa shape index (κ1) is 12.1. The number of nitrogens with zero attached hydrogens (tertiary/aromatic N) is 1. The molecule has 0 saturated heterocycles. The van der Waals surface area contributed by atoms with Crippen LogP contribution < -0.4 is 5.32 Å². The summed E-state index contributed by atoms with van der Waals surface area (Å²) in [5, 5.41) is 3.31. The minimum Gasteiger partial charge on any atom is -0.375 e. The van der Waals surface area contributed by atoms with Crippen molar-refractivity contribution in [1.82, 2.24) is 10.2 Å². The highest BCUT2D eigenvalue weighted by molar-refractivity contribution is 6.29. The van der Waals surface area contributed by atoms with Gasteiger partial charge in [-0.05, 0) is 18.7 Å². The van der Waals surface area contributed by atoms with Gasteiger partial charge < -0.3 is 10.2 Å². The molecule has 2 nitrogen and oxygen atoms in total. The standard InChI is InChI=1S/C10H17ClN2/c1-5-7-13(4)9(3)8-10(11)12-6-2/h6,8,12H,2-3,5,7H2,1,4H3/b10-8-. The lowest BCUT2D eigenvalue weighted by molar-refractivity contribution is 0.431. The van der Waals surface area contributed by atoms with E-state index in [1.165, 1.54) is 6.20 Å². The van der Waals surface area contributed by atoms with Gasteiger partial charge in [-0.2, -0.15) is 0 Å². The van der Waals surface area contributed by atoms with Gasteiger partial charge in [-0.15, -0.1) is 0 Å². The Morgan fingerprint density at radius 1 is 1.62 bits per heavy atom. The van der Waals surface area contributed by atoms with Gasteiger partial charge in [0.15, 0.2) is 0 Å². The summed E-state index contributed by atoms with van der Waals surface area (Å²) in [6.07, 6.45) is 4.40. The third-order valence-electron chi connectivity index (χ3n) is 1.58. The first-order chi connectivity index (χ1) is 6.11. The second kappa shape index (κ2) is 6.61. The molecular weight excluding hydrogens is 184 g/mol. The molecule has 3 heteroatoms. The monoisotopic (exact) mass is 200 g/mol. The van der Waals surface area contributed by atoms with Crippen molar-refractivity contribution in [3.63, 3.8) is 0 Å². The Balaban J connectivity index is 4.10. The zero-order chi connectivity index (χ0) is 10.3. The SMILES string of the molecule is C=CN/C(Cl)=C\C(=C)N(C)CCC. The van der Waals surface area contributed by atoms with Crippen LogP contribution in [0.25, 0.3) is 0 Å². The van der Waals surface area contributed by atoms with Crippen LogP contribution in [0.15, 0.2) is 36.3 Å². The van der Waals surface area contributed by atoms with Gasteiger partial charge in [0.25, 0.3) is 0 Å². The summed E-state index contributed by atoms with van der Waals surface area (Å²) in [5.41, 5.74) is 0.890. The lowest BCUT2D eigenvalue weighted by Gasteiger charge is -2.18. The number of likely N-dealkylation sites (N-methyl/N-ethyl adjacent to an activating group) is 1. The van der Waals surface area contributed by atoms with E-state index >= 15 is 0 Å². The summed E-state index contributed by atoms with van der Waals surface area (Å²) < 4.78 is 0. The second-order valence-electron chi connectivity index (χ2n) is 2.75. The van der Waals surface area contributed by atoms with Gasteiger partial charge in [0.1, 0.15) is 5.16 Å². The van der Waals surface area contributed by atoms with Gasteiger partial charge in [0.2, 0.25) is 0 Å². The molecule has 0 aliphatic heterocycles. The maximum absolute atomic E-state index is 5.81. The van der Waals surface area contributed by atoms with Gasteiger partial charge in [-0.1, -0.05) is 31.7 Å². The molecule has 0 aromatic heterocycles. The first-order valence-corrected chi connectivity index (χ1v) is 4.64. The van der Waals surface area contributed by atoms with Crippen molar-refractivity contribution in [2.24, 2.45) is 0 Å². The van der Waals surface area contributed by atoms with Gasteiger partial charge in [0, 0.05) is 19.3 Å². The minimum atomic E-state index is 0.531. The number of halogens is 1. The highest BCUT2D eigenvalue weighted by atomic mass is 35.5. The second-order valence-corrected chi connectivity index (χ2v) is 3.16. The van der Waals surface area contributed by atoms with E-state index in [-0.39, 0.29) is 0 Å². The minimum absolute atomic E-state index is 0.531. The lowest BCUT2D eigenvalue weighted by atomic mass is 10.3. The van der Waals surface area contributed by atoms with E-state index in [4.69, 9.17) is 11.6 Å². The molecule has 13 heavy (non-hydrogen) atoms. The molecule has 0 radical (unpaired) electrons. The van der Waals surface area contributed by atoms with Crippen LogP contribution in [-0.4, -0.2) is 18.5 Å². The van der Waals surface area contributed by atoms with Crippen molar-refractivity contribution in [3.8, 4) is 0 Å². The van der Waals surface area contributed by atoms with Crippen LogP contribution in [0, 0.1) is 0 Å². The van der Waals surface area contributed by atoms with Crippen molar-refractivity contribution in [2.75, 3.05) is 13.6 Å². The first-order valence-electron chi connectivity index (χ1n) is 4.26. The van der Waals surface area contributed by atoms with Crippen molar-refractivity contribution in [3.05, 3.63) is 36.3 Å². The van der Waals surface area contributed by atoms with Crippen molar-refractivity contribution in [2.45, 2.75) is 13.3 Å². The maximum Gasteiger partial charge on any atom is 0.108 e.